The SMILES string of the molecule is [CH2-]CC1OCCCO1.[Zn]. The molecule has 9 heavy (non-hydrogen) atoms. The Labute approximate surface area is 68.7 Å². The molecule has 0 aromatic rings. The van der Waals surface area contributed by atoms with E-state index in [2.05, 4.69) is 6.92 Å². The first-order valence-electron chi connectivity index (χ1n) is 2.96. The van der Waals surface area contributed by atoms with Crippen molar-refractivity contribution >= 4 is 0 Å². The summed E-state index contributed by atoms with van der Waals surface area (Å²) in [6, 6.07) is 0. The van der Waals surface area contributed by atoms with Gasteiger partial charge in [-0.2, -0.15) is 0 Å². The fourth-order valence-corrected chi connectivity index (χ4v) is 0.703. The quantitative estimate of drug-likeness (QED) is 0.442. The summed E-state index contributed by atoms with van der Waals surface area (Å²) < 4.78 is 10.3. The van der Waals surface area contributed by atoms with E-state index in [1.54, 1.807) is 0 Å². The zero-order chi connectivity index (χ0) is 5.82. The maximum Gasteiger partial charge on any atom is 0.130 e. The number of rotatable bonds is 1. The summed E-state index contributed by atoms with van der Waals surface area (Å²) in [7, 11) is 0. The molecule has 0 radical (unpaired) electrons. The molecule has 2 nitrogen and oxygen atoms in total. The third kappa shape index (κ3) is 3.29. The van der Waals surface area contributed by atoms with Gasteiger partial charge in [0.2, 0.25) is 0 Å². The summed E-state index contributed by atoms with van der Waals surface area (Å²) in [6.45, 7) is 5.33. The van der Waals surface area contributed by atoms with Crippen molar-refractivity contribution in [2.24, 2.45) is 0 Å². The van der Waals surface area contributed by atoms with Crippen molar-refractivity contribution in [3.63, 3.8) is 0 Å². The van der Waals surface area contributed by atoms with Crippen LogP contribution in [-0.4, -0.2) is 19.5 Å². The summed E-state index contributed by atoms with van der Waals surface area (Å²) >= 11 is 0. The van der Waals surface area contributed by atoms with Crippen LogP contribution >= 0.6 is 0 Å². The molecule has 1 saturated heterocycles. The molecule has 0 amide bonds. The van der Waals surface area contributed by atoms with Crippen LogP contribution in [-0.2, 0) is 29.0 Å². The molecule has 0 spiro atoms. The van der Waals surface area contributed by atoms with Crippen molar-refractivity contribution in [2.75, 3.05) is 13.2 Å². The topological polar surface area (TPSA) is 18.5 Å². The Morgan fingerprint density at radius 1 is 1.33 bits per heavy atom. The van der Waals surface area contributed by atoms with Crippen molar-refractivity contribution in [3.8, 4) is 0 Å². The van der Waals surface area contributed by atoms with Crippen LogP contribution in [0.25, 0.3) is 0 Å². The molecular weight excluding hydrogens is 169 g/mol. The maximum absolute atomic E-state index is 5.14. The van der Waals surface area contributed by atoms with Gasteiger partial charge in [-0.05, 0) is 6.42 Å². The Morgan fingerprint density at radius 3 is 2.22 bits per heavy atom. The van der Waals surface area contributed by atoms with Crippen molar-refractivity contribution in [2.45, 2.75) is 19.1 Å². The fourth-order valence-electron chi connectivity index (χ4n) is 0.703. The van der Waals surface area contributed by atoms with Gasteiger partial charge in [-0.1, -0.05) is 0 Å². The van der Waals surface area contributed by atoms with E-state index in [0.29, 0.717) is 0 Å². The van der Waals surface area contributed by atoms with Gasteiger partial charge >= 0.3 is 0 Å². The normalized spacial score (nSPS) is 21.0. The molecule has 0 aromatic heterocycles. The van der Waals surface area contributed by atoms with Crippen molar-refractivity contribution in [1.82, 2.24) is 0 Å². The van der Waals surface area contributed by atoms with E-state index in [9.17, 15) is 0 Å². The van der Waals surface area contributed by atoms with Crippen LogP contribution in [0, 0.1) is 6.92 Å². The van der Waals surface area contributed by atoms with Crippen molar-refractivity contribution in [1.29, 1.82) is 0 Å². The van der Waals surface area contributed by atoms with Crippen LogP contribution in [0.4, 0.5) is 0 Å². The Bertz CT molecular complexity index is 62.1. The molecule has 1 rings (SSSR count). The Balaban J connectivity index is 0.000000640. The molecule has 1 aliphatic rings. The minimum absolute atomic E-state index is 0. The van der Waals surface area contributed by atoms with E-state index < -0.39 is 0 Å². The second kappa shape index (κ2) is 5.34. The van der Waals surface area contributed by atoms with E-state index >= 15 is 0 Å². The number of hydrogen-bond donors (Lipinski definition) is 0. The minimum atomic E-state index is -0.0243. The Morgan fingerprint density at radius 2 is 1.89 bits per heavy atom. The van der Waals surface area contributed by atoms with Gasteiger partial charge in [-0.3, -0.25) is 0 Å². The van der Waals surface area contributed by atoms with Gasteiger partial charge in [0, 0.05) is 19.5 Å². The first-order valence-corrected chi connectivity index (χ1v) is 2.96. The van der Waals surface area contributed by atoms with Gasteiger partial charge in [-0.25, -0.2) is 0 Å². The van der Waals surface area contributed by atoms with Crippen LogP contribution in [0.5, 0.6) is 0 Å². The first-order chi connectivity index (χ1) is 3.93. The molecule has 0 saturated carbocycles. The van der Waals surface area contributed by atoms with Crippen LogP contribution in [0.3, 0.4) is 0 Å². The molecule has 0 bridgehead atoms. The van der Waals surface area contributed by atoms with E-state index in [1.165, 1.54) is 0 Å². The fraction of sp³-hybridized carbons (Fsp3) is 0.833. The molecular formula is C6H11O2Zn-. The smallest absolute Gasteiger partial charge is 0.130 e. The third-order valence-electron chi connectivity index (χ3n) is 1.13. The molecule has 0 N–H and O–H groups in total. The molecule has 3 heteroatoms. The molecule has 1 heterocycles. The van der Waals surface area contributed by atoms with Crippen molar-refractivity contribution < 1.29 is 29.0 Å². The van der Waals surface area contributed by atoms with Gasteiger partial charge in [-0.15, -0.1) is 6.42 Å². The molecule has 0 unspecified atom stereocenters. The number of hydrogen-bond acceptors (Lipinski definition) is 2. The zero-order valence-corrected chi connectivity index (χ0v) is 8.60. The van der Waals surface area contributed by atoms with E-state index in [4.69, 9.17) is 9.47 Å². The van der Waals surface area contributed by atoms with Gasteiger partial charge in [0.15, 0.2) is 0 Å². The van der Waals surface area contributed by atoms with E-state index in [1.807, 2.05) is 0 Å². The van der Waals surface area contributed by atoms with Gasteiger partial charge in [0.1, 0.15) is 6.29 Å². The number of ether oxygens (including phenoxy) is 2. The molecule has 50 valence electrons. The maximum atomic E-state index is 5.14. The minimum Gasteiger partial charge on any atom is -0.355 e. The Hall–Kier alpha value is 0.543. The average molecular weight is 181 g/mol. The van der Waals surface area contributed by atoms with Gasteiger partial charge in [0.25, 0.3) is 0 Å². The van der Waals surface area contributed by atoms with Crippen LogP contribution in [0.2, 0.25) is 0 Å². The van der Waals surface area contributed by atoms with Crippen LogP contribution < -0.4 is 0 Å². The zero-order valence-electron chi connectivity index (χ0n) is 5.64. The van der Waals surface area contributed by atoms with E-state index in [0.717, 1.165) is 26.1 Å². The van der Waals surface area contributed by atoms with Crippen LogP contribution in [0.15, 0.2) is 0 Å². The Kier molecular flexibility index (Phi) is 5.66. The summed E-state index contributed by atoms with van der Waals surface area (Å²) in [5.74, 6) is 0. The summed E-state index contributed by atoms with van der Waals surface area (Å²) in [6.07, 6.45) is 1.72. The molecule has 0 aromatic carbocycles. The molecule has 1 aliphatic heterocycles. The predicted molar refractivity (Wildman–Crippen MR) is 30.3 cm³/mol. The average Bonchev–Trinajstić information content (AvgIpc) is 1.90. The van der Waals surface area contributed by atoms with Gasteiger partial charge < -0.3 is 16.4 Å². The van der Waals surface area contributed by atoms with Crippen LogP contribution in [0.1, 0.15) is 12.8 Å². The molecule has 0 atom stereocenters. The van der Waals surface area contributed by atoms with Crippen molar-refractivity contribution in [3.05, 3.63) is 6.92 Å². The largest absolute Gasteiger partial charge is 0.355 e. The predicted octanol–water partition coefficient (Wildman–Crippen LogP) is 0.971. The summed E-state index contributed by atoms with van der Waals surface area (Å²) in [5.41, 5.74) is 0. The molecule has 0 aliphatic carbocycles. The summed E-state index contributed by atoms with van der Waals surface area (Å²) in [5, 5.41) is 0. The summed E-state index contributed by atoms with van der Waals surface area (Å²) in [4.78, 5) is 0. The standard InChI is InChI=1S/C6H11O2.Zn/c1-2-6-7-4-3-5-8-6;/h6H,1-5H2;/q-1;. The second-order valence-corrected chi connectivity index (χ2v) is 1.81. The van der Waals surface area contributed by atoms with E-state index in [-0.39, 0.29) is 25.8 Å². The second-order valence-electron chi connectivity index (χ2n) is 1.81. The third-order valence-corrected chi connectivity index (χ3v) is 1.13. The molecule has 1 fully saturated rings. The monoisotopic (exact) mass is 179 g/mol. The first kappa shape index (κ1) is 9.54. The van der Waals surface area contributed by atoms with Gasteiger partial charge in [0.05, 0.1) is 13.2 Å².